The summed E-state index contributed by atoms with van der Waals surface area (Å²) in [6.07, 6.45) is 0.779. The normalized spacial score (nSPS) is 13.8. The largest absolute Gasteiger partial charge is 0.493 e. The first-order valence-electron chi connectivity index (χ1n) is 6.60. The van der Waals surface area contributed by atoms with Gasteiger partial charge in [-0.05, 0) is 29.8 Å². The Balaban J connectivity index is 2.12. The molecule has 1 atom stereocenters. The van der Waals surface area contributed by atoms with Crippen LogP contribution < -0.4 is 9.47 Å². The Kier molecular flexibility index (Phi) is 4.42. The lowest BCUT2D eigenvalue weighted by Gasteiger charge is -2.22. The summed E-state index contributed by atoms with van der Waals surface area (Å²) in [5.74, 6) is 1.82. The highest BCUT2D eigenvalue weighted by Gasteiger charge is 2.24. The first kappa shape index (κ1) is 15.2. The van der Waals surface area contributed by atoms with Gasteiger partial charge in [-0.25, -0.2) is 0 Å². The van der Waals surface area contributed by atoms with E-state index in [-0.39, 0.29) is 0 Å². The number of tetrazole rings is 1. The van der Waals surface area contributed by atoms with Gasteiger partial charge in [0.1, 0.15) is 0 Å². The maximum atomic E-state index is 10.5. The van der Waals surface area contributed by atoms with Crippen molar-refractivity contribution in [3.8, 4) is 11.5 Å². The minimum absolute atomic E-state index is 0.329. The summed E-state index contributed by atoms with van der Waals surface area (Å²) in [4.78, 5) is 1.38. The number of ether oxygens (including phenoxy) is 2. The molecule has 21 heavy (non-hydrogen) atoms. The number of benzene rings is 1. The van der Waals surface area contributed by atoms with Crippen molar-refractivity contribution in [3.05, 3.63) is 29.6 Å². The van der Waals surface area contributed by atoms with Gasteiger partial charge >= 0.3 is 0 Å². The lowest BCUT2D eigenvalue weighted by atomic mass is 9.93. The number of methoxy groups -OCH3 is 2. The summed E-state index contributed by atoms with van der Waals surface area (Å²) in [6, 6.07) is 5.59. The predicted octanol–water partition coefficient (Wildman–Crippen LogP) is 0.763. The Hall–Kier alpha value is -2.15. The summed E-state index contributed by atoms with van der Waals surface area (Å²) in [5.41, 5.74) is -0.0237. The van der Waals surface area contributed by atoms with Crippen LogP contribution in [0, 0.1) is 0 Å². The van der Waals surface area contributed by atoms with Crippen LogP contribution >= 0.6 is 0 Å². The molecule has 7 nitrogen and oxygen atoms in total. The molecule has 0 aliphatic rings. The third-order valence-corrected chi connectivity index (χ3v) is 3.12. The molecule has 0 bridgehead atoms. The molecule has 0 saturated heterocycles. The molecule has 1 aromatic heterocycles. The topological polar surface area (TPSA) is 82.3 Å². The first-order chi connectivity index (χ1) is 9.93. The summed E-state index contributed by atoms with van der Waals surface area (Å²) < 4.78 is 10.5. The van der Waals surface area contributed by atoms with E-state index in [1.165, 1.54) is 4.80 Å². The van der Waals surface area contributed by atoms with Crippen LogP contribution in [-0.4, -0.2) is 45.1 Å². The lowest BCUT2D eigenvalue weighted by Crippen LogP contribution is -2.30. The first-order valence-corrected chi connectivity index (χ1v) is 6.60. The molecule has 1 unspecified atom stereocenters. The van der Waals surface area contributed by atoms with E-state index in [9.17, 15) is 5.11 Å². The van der Waals surface area contributed by atoms with E-state index >= 15 is 0 Å². The molecule has 1 heterocycles. The Bertz CT molecular complexity index is 610. The van der Waals surface area contributed by atoms with Gasteiger partial charge in [-0.15, -0.1) is 10.2 Å². The molecular formula is C14H20N4O3. The quantitative estimate of drug-likeness (QED) is 0.846. The van der Waals surface area contributed by atoms with Crippen LogP contribution in [-0.2, 0) is 19.9 Å². The molecular weight excluding hydrogens is 272 g/mol. The van der Waals surface area contributed by atoms with E-state index in [0.29, 0.717) is 30.2 Å². The number of hydrogen-bond donors (Lipinski definition) is 1. The molecule has 114 valence electrons. The molecule has 0 amide bonds. The minimum Gasteiger partial charge on any atom is -0.493 e. The van der Waals surface area contributed by atoms with E-state index in [0.717, 1.165) is 5.56 Å². The second kappa shape index (κ2) is 6.09. The van der Waals surface area contributed by atoms with E-state index in [4.69, 9.17) is 9.47 Å². The Morgan fingerprint density at radius 2 is 1.90 bits per heavy atom. The van der Waals surface area contributed by atoms with Crippen molar-refractivity contribution < 1.29 is 14.6 Å². The van der Waals surface area contributed by atoms with Crippen molar-refractivity contribution in [3.63, 3.8) is 0 Å². The Morgan fingerprint density at radius 3 is 2.48 bits per heavy atom. The summed E-state index contributed by atoms with van der Waals surface area (Å²) in [7, 11) is 4.87. The molecule has 7 heteroatoms. The minimum atomic E-state index is -0.970. The zero-order chi connectivity index (χ0) is 15.5. The van der Waals surface area contributed by atoms with Gasteiger partial charge < -0.3 is 14.6 Å². The summed E-state index contributed by atoms with van der Waals surface area (Å²) in [5, 5.41) is 22.3. The summed E-state index contributed by atoms with van der Waals surface area (Å²) in [6.45, 7) is 1.75. The van der Waals surface area contributed by atoms with Gasteiger partial charge in [0.2, 0.25) is 0 Å². The van der Waals surface area contributed by atoms with E-state index in [1.807, 2.05) is 18.2 Å². The highest BCUT2D eigenvalue weighted by Crippen LogP contribution is 2.29. The highest BCUT2D eigenvalue weighted by atomic mass is 16.5. The number of aryl methyl sites for hydroxylation is 1. The number of aliphatic hydroxyl groups is 1. The number of aromatic nitrogens is 4. The standard InChI is InChI=1S/C14H20N4O3/c1-14(19,9-13-15-17-18(2)16-13)8-10-5-6-11(20-3)12(7-10)21-4/h5-7,19H,8-9H2,1-4H3. The van der Waals surface area contributed by atoms with E-state index < -0.39 is 5.60 Å². The van der Waals surface area contributed by atoms with Crippen molar-refractivity contribution in [1.29, 1.82) is 0 Å². The fourth-order valence-electron chi connectivity index (χ4n) is 2.23. The molecule has 1 aromatic carbocycles. The zero-order valence-corrected chi connectivity index (χ0v) is 12.7. The molecule has 0 radical (unpaired) electrons. The number of hydrogen-bond acceptors (Lipinski definition) is 6. The van der Waals surface area contributed by atoms with E-state index in [1.54, 1.807) is 28.2 Å². The number of nitrogens with zero attached hydrogens (tertiary/aromatic N) is 4. The van der Waals surface area contributed by atoms with Crippen molar-refractivity contribution in [2.24, 2.45) is 7.05 Å². The molecule has 0 spiro atoms. The van der Waals surface area contributed by atoms with Crippen molar-refractivity contribution in [1.82, 2.24) is 20.2 Å². The highest BCUT2D eigenvalue weighted by molar-refractivity contribution is 5.43. The molecule has 1 N–H and O–H groups in total. The van der Waals surface area contributed by atoms with Crippen LogP contribution in [0.1, 0.15) is 18.3 Å². The second-order valence-corrected chi connectivity index (χ2v) is 5.23. The smallest absolute Gasteiger partial charge is 0.177 e. The Labute approximate surface area is 123 Å². The monoisotopic (exact) mass is 292 g/mol. The third kappa shape index (κ3) is 3.91. The SMILES string of the molecule is COc1ccc(CC(C)(O)Cc2nnn(C)n2)cc1OC. The second-order valence-electron chi connectivity index (χ2n) is 5.23. The van der Waals surface area contributed by atoms with Crippen LogP contribution in [0.25, 0.3) is 0 Å². The van der Waals surface area contributed by atoms with Crippen molar-refractivity contribution >= 4 is 0 Å². The molecule has 0 fully saturated rings. The molecule has 2 rings (SSSR count). The number of rotatable bonds is 6. The molecule has 0 aliphatic carbocycles. The van der Waals surface area contributed by atoms with Crippen LogP contribution in [0.4, 0.5) is 0 Å². The van der Waals surface area contributed by atoms with Gasteiger partial charge in [0.25, 0.3) is 0 Å². The fourth-order valence-corrected chi connectivity index (χ4v) is 2.23. The molecule has 0 aliphatic heterocycles. The lowest BCUT2D eigenvalue weighted by molar-refractivity contribution is 0.0586. The third-order valence-electron chi connectivity index (χ3n) is 3.12. The van der Waals surface area contributed by atoms with Crippen molar-refractivity contribution in [2.45, 2.75) is 25.4 Å². The maximum Gasteiger partial charge on any atom is 0.177 e. The molecule has 2 aromatic rings. The maximum absolute atomic E-state index is 10.5. The van der Waals surface area contributed by atoms with E-state index in [2.05, 4.69) is 15.4 Å². The van der Waals surface area contributed by atoms with Crippen LogP contribution in [0.3, 0.4) is 0 Å². The summed E-state index contributed by atoms with van der Waals surface area (Å²) >= 11 is 0. The van der Waals surface area contributed by atoms with Gasteiger partial charge in [0.05, 0.1) is 26.9 Å². The average molecular weight is 292 g/mol. The average Bonchev–Trinajstić information content (AvgIpc) is 2.82. The van der Waals surface area contributed by atoms with Crippen LogP contribution in [0.5, 0.6) is 11.5 Å². The van der Waals surface area contributed by atoms with Gasteiger partial charge in [0, 0.05) is 12.8 Å². The Morgan fingerprint density at radius 1 is 1.19 bits per heavy atom. The molecule has 0 saturated carbocycles. The van der Waals surface area contributed by atoms with Crippen molar-refractivity contribution in [2.75, 3.05) is 14.2 Å². The zero-order valence-electron chi connectivity index (χ0n) is 12.7. The van der Waals surface area contributed by atoms with Crippen LogP contribution in [0.2, 0.25) is 0 Å². The van der Waals surface area contributed by atoms with Gasteiger partial charge in [-0.2, -0.15) is 4.80 Å². The predicted molar refractivity (Wildman–Crippen MR) is 76.4 cm³/mol. The van der Waals surface area contributed by atoms with Crippen LogP contribution in [0.15, 0.2) is 18.2 Å². The van der Waals surface area contributed by atoms with Gasteiger partial charge in [-0.3, -0.25) is 0 Å². The fraction of sp³-hybridized carbons (Fsp3) is 0.500. The van der Waals surface area contributed by atoms with Gasteiger partial charge in [0.15, 0.2) is 17.3 Å². The van der Waals surface area contributed by atoms with Gasteiger partial charge in [-0.1, -0.05) is 6.07 Å².